The van der Waals surface area contributed by atoms with Crippen LogP contribution in [0.15, 0.2) is 0 Å². The molecule has 0 aliphatic rings. The van der Waals surface area contributed by atoms with Gasteiger partial charge in [0.15, 0.2) is 0 Å². The van der Waals surface area contributed by atoms with E-state index in [0.29, 0.717) is 0 Å². The van der Waals surface area contributed by atoms with Crippen LogP contribution in [0.25, 0.3) is 0 Å². The summed E-state index contributed by atoms with van der Waals surface area (Å²) in [6, 6.07) is 0. The zero-order valence-electron chi connectivity index (χ0n) is 12.9. The topological polar surface area (TPSA) is 211 Å². The molecule has 5 N–H and O–H groups in total. The molecule has 0 aliphatic carbocycles. The van der Waals surface area contributed by atoms with Crippen molar-refractivity contribution in [2.75, 3.05) is 19.0 Å². The van der Waals surface area contributed by atoms with Crippen LogP contribution < -0.4 is 34.8 Å². The van der Waals surface area contributed by atoms with Crippen LogP contribution in [-0.2, 0) is 28.8 Å². The summed E-state index contributed by atoms with van der Waals surface area (Å²) in [6.45, 7) is -1.63. The number of hydrogen-bond acceptors (Lipinski definition) is 11. The number of carbonyl (C=O) groups excluding carboxylic acids is 1. The normalized spacial score (nSPS) is 17.9. The summed E-state index contributed by atoms with van der Waals surface area (Å²) < 4.78 is 27.3. The van der Waals surface area contributed by atoms with Gasteiger partial charge in [-0.15, -0.1) is 0 Å². The van der Waals surface area contributed by atoms with Gasteiger partial charge in [0.05, 0.1) is 19.0 Å². The number of ketones is 1. The van der Waals surface area contributed by atoms with Crippen LogP contribution in [0.3, 0.4) is 0 Å². The Hall–Kier alpha value is -0.190. The fourth-order valence-corrected chi connectivity index (χ4v) is 2.30. The van der Waals surface area contributed by atoms with Crippen molar-refractivity contribution in [3.05, 3.63) is 0 Å². The molecule has 0 heterocycles. The maximum atomic E-state index is 11.8. The maximum absolute atomic E-state index is 11.8. The average molecular weight is 384 g/mol. The molecule has 0 aromatic carbocycles. The van der Waals surface area contributed by atoms with Crippen molar-refractivity contribution in [2.24, 2.45) is 0 Å². The number of rotatable bonds is 11. The van der Waals surface area contributed by atoms with Crippen molar-refractivity contribution in [1.29, 1.82) is 0 Å². The van der Waals surface area contributed by atoms with Crippen molar-refractivity contribution in [3.8, 4) is 0 Å². The number of Topliss-reactive ketones (excluding diaryl/α,β-unsaturated/α-hetero) is 1. The standard InChI is InChI=1S/C10H18O12S.Na/c1-2-23(19,20)22-10(9(16)17,6(13)4-21-18)8(15)7(14)5(12)3-11;/h5,7-8,11-12,14-15,18H,2-4H2,1H3,(H,16,17);/q;+1/p-1/t5-,7-,8+,10-;/m1./s1. The fraction of sp³-hybridized carbons (Fsp3) is 0.800. The fourth-order valence-electron chi connectivity index (χ4n) is 1.52. The van der Waals surface area contributed by atoms with Gasteiger partial charge < -0.3 is 35.7 Å². The van der Waals surface area contributed by atoms with Crippen molar-refractivity contribution in [1.82, 2.24) is 0 Å². The molecule has 0 amide bonds. The van der Waals surface area contributed by atoms with Gasteiger partial charge in [-0.05, 0) is 6.92 Å². The van der Waals surface area contributed by atoms with E-state index in [0.717, 1.165) is 6.92 Å². The first kappa shape index (κ1) is 26.0. The van der Waals surface area contributed by atoms with Gasteiger partial charge in [0, 0.05) is 0 Å². The molecule has 0 aliphatic heterocycles. The van der Waals surface area contributed by atoms with E-state index in [1.165, 1.54) is 0 Å². The Bertz CT molecular complexity index is 522. The third-order valence-electron chi connectivity index (χ3n) is 2.86. The van der Waals surface area contributed by atoms with Crippen LogP contribution >= 0.6 is 0 Å². The zero-order chi connectivity index (χ0) is 18.4. The Morgan fingerprint density at radius 1 is 1.25 bits per heavy atom. The second kappa shape index (κ2) is 10.7. The summed E-state index contributed by atoms with van der Waals surface area (Å²) in [5.41, 5.74) is -3.64. The first-order valence-corrected chi connectivity index (χ1v) is 7.67. The molecule has 24 heavy (non-hydrogen) atoms. The van der Waals surface area contributed by atoms with Gasteiger partial charge in [-0.3, -0.25) is 4.79 Å². The Balaban J connectivity index is 0. The van der Waals surface area contributed by atoms with Crippen molar-refractivity contribution >= 4 is 21.9 Å². The predicted molar refractivity (Wildman–Crippen MR) is 67.0 cm³/mol. The monoisotopic (exact) mass is 384 g/mol. The van der Waals surface area contributed by atoms with E-state index in [-0.39, 0.29) is 29.6 Å². The summed E-state index contributed by atoms with van der Waals surface area (Å²) in [4.78, 5) is 26.4. The summed E-state index contributed by atoms with van der Waals surface area (Å²) >= 11 is 0. The van der Waals surface area contributed by atoms with Crippen LogP contribution in [-0.4, -0.2) is 88.6 Å². The van der Waals surface area contributed by atoms with E-state index < -0.39 is 64.8 Å². The number of carboxylic acids is 1. The Kier molecular flexibility index (Phi) is 11.6. The summed E-state index contributed by atoms with van der Waals surface area (Å²) in [5.74, 6) is -4.99. The third kappa shape index (κ3) is 5.96. The van der Waals surface area contributed by atoms with E-state index in [1.807, 2.05) is 0 Å². The van der Waals surface area contributed by atoms with Gasteiger partial charge in [-0.2, -0.15) is 8.42 Å². The minimum Gasteiger partial charge on any atom is -0.723 e. The van der Waals surface area contributed by atoms with E-state index in [4.69, 9.17) is 5.11 Å². The molecular weight excluding hydrogens is 367 g/mol. The minimum absolute atomic E-state index is 0. The van der Waals surface area contributed by atoms with Crippen LogP contribution in [0.5, 0.6) is 0 Å². The van der Waals surface area contributed by atoms with Gasteiger partial charge in [0.25, 0.3) is 15.7 Å². The Morgan fingerprint density at radius 2 is 1.75 bits per heavy atom. The Labute approximate surface area is 159 Å². The van der Waals surface area contributed by atoms with Gasteiger partial charge >= 0.3 is 35.5 Å². The quantitative estimate of drug-likeness (QED) is 0.0739. The van der Waals surface area contributed by atoms with Gasteiger partial charge in [0.1, 0.15) is 18.3 Å². The number of aliphatic hydroxyl groups excluding tert-OH is 4. The molecule has 0 aromatic heterocycles. The van der Waals surface area contributed by atoms with Gasteiger partial charge in [0.2, 0.25) is 5.78 Å². The summed E-state index contributed by atoms with van der Waals surface area (Å²) in [6.07, 6.45) is -7.46. The third-order valence-corrected chi connectivity index (χ3v) is 4.08. The number of aliphatic hydroxyl groups is 4. The van der Waals surface area contributed by atoms with Gasteiger partial charge in [-0.25, -0.2) is 8.98 Å². The molecule has 0 rings (SSSR count). The maximum Gasteiger partial charge on any atom is 1.00 e. The molecule has 0 fully saturated rings. The minimum atomic E-state index is -4.67. The first-order chi connectivity index (χ1) is 10.5. The SMILES string of the molecule is CCS(=O)(=O)O[C@](C(=O)O)(C(=O)CO[O-])[C@@H](O)[C@H](O)[C@H](O)CO.[Na+]. The largest absolute Gasteiger partial charge is 1.00 e. The van der Waals surface area contributed by atoms with Crippen LogP contribution in [0.1, 0.15) is 6.92 Å². The molecule has 0 bridgehead atoms. The van der Waals surface area contributed by atoms with Crippen molar-refractivity contribution in [3.63, 3.8) is 0 Å². The molecule has 0 unspecified atom stereocenters. The average Bonchev–Trinajstić information content (AvgIpc) is 2.50. The number of carboxylic acid groups (broad SMARTS) is 1. The van der Waals surface area contributed by atoms with Crippen molar-refractivity contribution < 1.29 is 87.4 Å². The summed E-state index contributed by atoms with van der Waals surface area (Å²) in [7, 11) is -4.67. The molecule has 0 radical (unpaired) electrons. The Morgan fingerprint density at radius 3 is 2.08 bits per heavy atom. The molecule has 0 saturated carbocycles. The van der Waals surface area contributed by atoms with E-state index >= 15 is 0 Å². The predicted octanol–water partition coefficient (Wildman–Crippen LogP) is -7.88. The number of hydrogen-bond donors (Lipinski definition) is 5. The molecule has 14 heteroatoms. The molecule has 12 nitrogen and oxygen atoms in total. The van der Waals surface area contributed by atoms with E-state index in [2.05, 4.69) is 9.07 Å². The van der Waals surface area contributed by atoms with E-state index in [9.17, 15) is 43.7 Å². The second-order valence-electron chi connectivity index (χ2n) is 4.34. The molecule has 4 atom stereocenters. The van der Waals surface area contributed by atoms with Crippen molar-refractivity contribution in [2.45, 2.75) is 30.8 Å². The summed E-state index contributed by atoms with van der Waals surface area (Å²) in [5, 5.41) is 56.7. The molecule has 0 saturated heterocycles. The number of carbonyl (C=O) groups is 2. The van der Waals surface area contributed by atoms with Crippen LogP contribution in [0.2, 0.25) is 0 Å². The molecule has 136 valence electrons. The smallest absolute Gasteiger partial charge is 0.723 e. The van der Waals surface area contributed by atoms with Crippen LogP contribution in [0.4, 0.5) is 0 Å². The molecule has 0 aromatic rings. The molecular formula is C10H17NaO12S. The zero-order valence-corrected chi connectivity index (χ0v) is 15.7. The molecule has 0 spiro atoms. The van der Waals surface area contributed by atoms with Crippen LogP contribution in [0, 0.1) is 0 Å². The second-order valence-corrected chi connectivity index (χ2v) is 6.20. The van der Waals surface area contributed by atoms with E-state index in [1.54, 1.807) is 0 Å². The van der Waals surface area contributed by atoms with Gasteiger partial charge in [-0.1, -0.05) is 0 Å². The number of aliphatic carboxylic acids is 1. The first-order valence-electron chi connectivity index (χ1n) is 6.10.